The van der Waals surface area contributed by atoms with Crippen LogP contribution in [-0.2, 0) is 0 Å². The molecule has 3 N–H and O–H groups in total. The molecule has 0 radical (unpaired) electrons. The first-order valence-corrected chi connectivity index (χ1v) is 6.67. The molecule has 0 fully saturated rings. The molecule has 0 aliphatic carbocycles. The highest BCUT2D eigenvalue weighted by Gasteiger charge is 2.22. The van der Waals surface area contributed by atoms with Crippen molar-refractivity contribution in [1.82, 2.24) is 5.32 Å². The average molecular weight is 307 g/mol. The zero-order chi connectivity index (χ0) is 16.1. The van der Waals surface area contributed by atoms with Crippen LogP contribution in [0.25, 0.3) is 0 Å². The summed E-state index contributed by atoms with van der Waals surface area (Å²) < 4.78 is 26.6. The van der Waals surface area contributed by atoms with Gasteiger partial charge >= 0.3 is 0 Å². The summed E-state index contributed by atoms with van der Waals surface area (Å²) in [6.07, 6.45) is 0.222. The second-order valence-electron chi connectivity index (χ2n) is 4.73. The molecule has 116 valence electrons. The fourth-order valence-electron chi connectivity index (χ4n) is 2.15. The number of carbonyl (C=O) groups excluding carboxylic acids is 1. The summed E-state index contributed by atoms with van der Waals surface area (Å²) in [5.74, 6) is -3.77. The van der Waals surface area contributed by atoms with Gasteiger partial charge in [-0.05, 0) is 12.0 Å². The first kappa shape index (κ1) is 15.9. The lowest BCUT2D eigenvalue weighted by molar-refractivity contribution is 0.0923. The number of amides is 1. The van der Waals surface area contributed by atoms with Crippen molar-refractivity contribution >= 4 is 5.91 Å². The third-order valence-corrected chi connectivity index (χ3v) is 3.19. The van der Waals surface area contributed by atoms with E-state index in [2.05, 4.69) is 5.32 Å². The van der Waals surface area contributed by atoms with E-state index in [-0.39, 0.29) is 13.0 Å². The van der Waals surface area contributed by atoms with Gasteiger partial charge in [-0.15, -0.1) is 0 Å². The van der Waals surface area contributed by atoms with Crippen LogP contribution in [0.1, 0.15) is 28.4 Å². The lowest BCUT2D eigenvalue weighted by atomic mass is 10.0. The number of carbonyl (C=O) groups is 1. The van der Waals surface area contributed by atoms with Crippen LogP contribution >= 0.6 is 0 Å². The van der Waals surface area contributed by atoms with Crippen molar-refractivity contribution in [3.63, 3.8) is 0 Å². The van der Waals surface area contributed by atoms with Crippen LogP contribution in [0.15, 0.2) is 42.5 Å². The zero-order valence-corrected chi connectivity index (χ0v) is 11.6. The summed E-state index contributed by atoms with van der Waals surface area (Å²) in [6.45, 7) is -0.183. The molecule has 0 aliphatic rings. The Labute approximate surface area is 126 Å². The molecule has 0 saturated heterocycles. The predicted molar refractivity (Wildman–Crippen MR) is 76.4 cm³/mol. The van der Waals surface area contributed by atoms with Gasteiger partial charge in [0.1, 0.15) is 22.9 Å². The van der Waals surface area contributed by atoms with E-state index in [1.54, 1.807) is 30.3 Å². The largest absolute Gasteiger partial charge is 0.507 e. The Balaban J connectivity index is 2.26. The number of phenols is 1. The molecule has 0 saturated carbocycles. The highest BCUT2D eigenvalue weighted by molar-refractivity contribution is 5.97. The normalized spacial score (nSPS) is 12.0. The molecule has 1 atom stereocenters. The first-order chi connectivity index (χ1) is 10.5. The Hall–Kier alpha value is -2.47. The lowest BCUT2D eigenvalue weighted by Gasteiger charge is -2.19. The molecule has 0 bridgehead atoms. The number of rotatable bonds is 5. The monoisotopic (exact) mass is 307 g/mol. The van der Waals surface area contributed by atoms with Crippen molar-refractivity contribution in [2.45, 2.75) is 12.5 Å². The minimum atomic E-state index is -1.15. The van der Waals surface area contributed by atoms with Crippen molar-refractivity contribution in [3.8, 4) is 5.75 Å². The number of hydrogen-bond donors (Lipinski definition) is 3. The van der Waals surface area contributed by atoms with E-state index in [0.717, 1.165) is 5.56 Å². The molecular weight excluding hydrogens is 292 g/mol. The average Bonchev–Trinajstić information content (AvgIpc) is 2.46. The van der Waals surface area contributed by atoms with Gasteiger partial charge in [-0.2, -0.15) is 0 Å². The number of halogens is 2. The molecule has 0 aromatic heterocycles. The molecule has 22 heavy (non-hydrogen) atoms. The third kappa shape index (κ3) is 3.59. The standard InChI is InChI=1S/C16H15F2NO3/c17-11-8-12(18)15(14(21)9-11)16(22)19-13(6-7-20)10-4-2-1-3-5-10/h1-5,8-9,13,20-21H,6-7H2,(H,19,22). The van der Waals surface area contributed by atoms with E-state index in [1.807, 2.05) is 0 Å². The van der Waals surface area contributed by atoms with Gasteiger partial charge in [-0.25, -0.2) is 8.78 Å². The minimum Gasteiger partial charge on any atom is -0.507 e. The molecule has 2 aromatic rings. The fourth-order valence-corrected chi connectivity index (χ4v) is 2.15. The summed E-state index contributed by atoms with van der Waals surface area (Å²) in [6, 6.07) is 9.47. The Morgan fingerprint density at radius 3 is 2.45 bits per heavy atom. The van der Waals surface area contributed by atoms with Crippen molar-refractivity contribution in [3.05, 3.63) is 65.2 Å². The van der Waals surface area contributed by atoms with E-state index in [9.17, 15) is 18.7 Å². The molecule has 2 rings (SSSR count). The number of nitrogens with one attached hydrogen (secondary N) is 1. The Morgan fingerprint density at radius 2 is 1.86 bits per heavy atom. The van der Waals surface area contributed by atoms with Crippen LogP contribution in [0.4, 0.5) is 8.78 Å². The predicted octanol–water partition coefficient (Wildman–Crippen LogP) is 2.52. The minimum absolute atomic E-state index is 0.183. The van der Waals surface area contributed by atoms with Gasteiger partial charge in [0.2, 0.25) is 0 Å². The lowest BCUT2D eigenvalue weighted by Crippen LogP contribution is -2.30. The topological polar surface area (TPSA) is 69.6 Å². The van der Waals surface area contributed by atoms with Gasteiger partial charge in [0, 0.05) is 18.7 Å². The van der Waals surface area contributed by atoms with Crippen LogP contribution in [0.3, 0.4) is 0 Å². The maximum atomic E-state index is 13.7. The summed E-state index contributed by atoms with van der Waals surface area (Å²) >= 11 is 0. The van der Waals surface area contributed by atoms with Crippen LogP contribution in [0.2, 0.25) is 0 Å². The number of aliphatic hydroxyl groups is 1. The van der Waals surface area contributed by atoms with Gasteiger partial charge in [0.25, 0.3) is 5.91 Å². The second-order valence-corrected chi connectivity index (χ2v) is 4.73. The SMILES string of the molecule is O=C(NC(CCO)c1ccccc1)c1c(O)cc(F)cc1F. The molecular formula is C16H15F2NO3. The van der Waals surface area contributed by atoms with Crippen LogP contribution in [-0.4, -0.2) is 22.7 Å². The van der Waals surface area contributed by atoms with Crippen molar-refractivity contribution in [1.29, 1.82) is 0 Å². The van der Waals surface area contributed by atoms with Gasteiger partial charge in [-0.1, -0.05) is 30.3 Å². The summed E-state index contributed by atoms with van der Waals surface area (Å²) in [5.41, 5.74) is 0.104. The molecule has 2 aromatic carbocycles. The molecule has 1 unspecified atom stereocenters. The smallest absolute Gasteiger partial charge is 0.258 e. The van der Waals surface area contributed by atoms with E-state index in [0.29, 0.717) is 12.1 Å². The highest BCUT2D eigenvalue weighted by Crippen LogP contribution is 2.24. The van der Waals surface area contributed by atoms with E-state index >= 15 is 0 Å². The molecule has 0 spiro atoms. The number of aliphatic hydroxyl groups excluding tert-OH is 1. The summed E-state index contributed by atoms with van der Waals surface area (Å²) in [5, 5.41) is 21.2. The maximum Gasteiger partial charge on any atom is 0.258 e. The number of aromatic hydroxyl groups is 1. The fraction of sp³-hybridized carbons (Fsp3) is 0.188. The summed E-state index contributed by atoms with van der Waals surface area (Å²) in [7, 11) is 0. The van der Waals surface area contributed by atoms with Crippen LogP contribution in [0.5, 0.6) is 5.75 Å². The Kier molecular flexibility index (Phi) is 5.06. The molecule has 6 heteroatoms. The Morgan fingerprint density at radius 1 is 1.18 bits per heavy atom. The molecule has 4 nitrogen and oxygen atoms in total. The maximum absolute atomic E-state index is 13.7. The van der Waals surface area contributed by atoms with E-state index < -0.39 is 34.9 Å². The van der Waals surface area contributed by atoms with Gasteiger partial charge in [-0.3, -0.25) is 4.79 Å². The van der Waals surface area contributed by atoms with Crippen molar-refractivity contribution in [2.24, 2.45) is 0 Å². The number of benzene rings is 2. The number of hydrogen-bond acceptors (Lipinski definition) is 3. The quantitative estimate of drug-likeness (QED) is 0.795. The Bertz CT molecular complexity index is 639. The van der Waals surface area contributed by atoms with Gasteiger partial charge in [0.15, 0.2) is 0 Å². The third-order valence-electron chi connectivity index (χ3n) is 3.19. The summed E-state index contributed by atoms with van der Waals surface area (Å²) in [4.78, 5) is 12.1. The molecule has 1 amide bonds. The number of phenolic OH excluding ortho intramolecular Hbond substituents is 1. The zero-order valence-electron chi connectivity index (χ0n) is 11.6. The van der Waals surface area contributed by atoms with E-state index in [1.165, 1.54) is 0 Å². The highest BCUT2D eigenvalue weighted by atomic mass is 19.1. The van der Waals surface area contributed by atoms with Crippen molar-refractivity contribution < 1.29 is 23.8 Å². The van der Waals surface area contributed by atoms with Crippen molar-refractivity contribution in [2.75, 3.05) is 6.61 Å². The van der Waals surface area contributed by atoms with Crippen LogP contribution < -0.4 is 5.32 Å². The van der Waals surface area contributed by atoms with Gasteiger partial charge in [0.05, 0.1) is 6.04 Å². The van der Waals surface area contributed by atoms with Crippen LogP contribution in [0, 0.1) is 11.6 Å². The molecule has 0 heterocycles. The van der Waals surface area contributed by atoms with Gasteiger partial charge < -0.3 is 15.5 Å². The van der Waals surface area contributed by atoms with E-state index in [4.69, 9.17) is 5.11 Å². The second kappa shape index (κ2) is 7.00. The molecule has 0 aliphatic heterocycles. The first-order valence-electron chi connectivity index (χ1n) is 6.67.